The third-order valence-electron chi connectivity index (χ3n) is 7.11. The number of ether oxygens (including phenoxy) is 1. The molecule has 1 fully saturated rings. The van der Waals surface area contributed by atoms with E-state index in [1.54, 1.807) is 19.5 Å². The van der Waals surface area contributed by atoms with Crippen LogP contribution in [-0.2, 0) is 18.3 Å². The van der Waals surface area contributed by atoms with Crippen LogP contribution in [0.3, 0.4) is 0 Å². The second-order valence-electron chi connectivity index (χ2n) is 9.23. The molecule has 34 heavy (non-hydrogen) atoms. The van der Waals surface area contributed by atoms with E-state index in [9.17, 15) is 15.0 Å². The Hall–Kier alpha value is -2.97. The molecule has 3 heterocycles. The minimum atomic E-state index is -0.743. The zero-order chi connectivity index (χ0) is 24.1. The molecule has 0 unspecified atom stereocenters. The van der Waals surface area contributed by atoms with E-state index >= 15 is 0 Å². The van der Waals surface area contributed by atoms with Crippen molar-refractivity contribution in [2.75, 3.05) is 26.7 Å². The smallest absolute Gasteiger partial charge is 0.308 e. The Bertz CT molecular complexity index is 1120. The van der Waals surface area contributed by atoms with E-state index in [1.165, 1.54) is 0 Å². The molecule has 8 nitrogen and oxygen atoms in total. The van der Waals surface area contributed by atoms with E-state index in [0.717, 1.165) is 60.4 Å². The summed E-state index contributed by atoms with van der Waals surface area (Å²) in [5.41, 5.74) is 1.61. The van der Waals surface area contributed by atoms with E-state index in [-0.39, 0.29) is 5.92 Å². The van der Waals surface area contributed by atoms with Crippen molar-refractivity contribution < 1.29 is 19.7 Å². The van der Waals surface area contributed by atoms with Gasteiger partial charge in [-0.3, -0.25) is 9.78 Å². The van der Waals surface area contributed by atoms with Crippen molar-refractivity contribution in [1.82, 2.24) is 19.4 Å². The number of hydrogen-bond acceptors (Lipinski definition) is 6. The fourth-order valence-corrected chi connectivity index (χ4v) is 5.09. The number of aliphatic carboxylic acids is 1. The van der Waals surface area contributed by atoms with Crippen LogP contribution in [0.5, 0.6) is 5.75 Å². The topological polar surface area (TPSA) is 101 Å². The molecular formula is C26H34N4O4. The number of imidazole rings is 1. The Morgan fingerprint density at radius 2 is 2.12 bits per heavy atom. The Kier molecular flexibility index (Phi) is 7.80. The van der Waals surface area contributed by atoms with Gasteiger partial charge in [0.15, 0.2) is 0 Å². The van der Waals surface area contributed by atoms with Crippen LogP contribution in [0.25, 0.3) is 10.9 Å². The lowest BCUT2D eigenvalue weighted by Gasteiger charge is -2.37. The van der Waals surface area contributed by atoms with Crippen molar-refractivity contribution in [3.63, 3.8) is 0 Å². The minimum Gasteiger partial charge on any atom is -0.497 e. The number of aromatic nitrogens is 3. The predicted molar refractivity (Wildman–Crippen MR) is 130 cm³/mol. The van der Waals surface area contributed by atoms with Crippen LogP contribution in [0.15, 0.2) is 42.9 Å². The Morgan fingerprint density at radius 1 is 1.26 bits per heavy atom. The van der Waals surface area contributed by atoms with Crippen molar-refractivity contribution in [1.29, 1.82) is 0 Å². The zero-order valence-corrected chi connectivity index (χ0v) is 19.9. The number of benzene rings is 1. The first-order valence-corrected chi connectivity index (χ1v) is 12.0. The molecule has 1 saturated heterocycles. The van der Waals surface area contributed by atoms with Crippen molar-refractivity contribution >= 4 is 16.9 Å². The Labute approximate surface area is 200 Å². The number of aliphatic hydroxyl groups excluding tert-OH is 1. The molecule has 0 aliphatic carbocycles. The van der Waals surface area contributed by atoms with Crippen LogP contribution in [0, 0.1) is 11.8 Å². The van der Waals surface area contributed by atoms with Gasteiger partial charge in [-0.05, 0) is 74.5 Å². The van der Waals surface area contributed by atoms with Crippen LogP contribution in [0.2, 0.25) is 0 Å². The van der Waals surface area contributed by atoms with Gasteiger partial charge in [0.2, 0.25) is 0 Å². The highest BCUT2D eigenvalue weighted by molar-refractivity contribution is 5.83. The highest BCUT2D eigenvalue weighted by Gasteiger charge is 2.34. The highest BCUT2D eigenvalue weighted by atomic mass is 16.5. The van der Waals surface area contributed by atoms with E-state index in [2.05, 4.69) is 14.9 Å². The highest BCUT2D eigenvalue weighted by Crippen LogP contribution is 2.33. The maximum atomic E-state index is 12.1. The van der Waals surface area contributed by atoms with Crippen LogP contribution in [-0.4, -0.2) is 62.4 Å². The van der Waals surface area contributed by atoms with Gasteiger partial charge in [-0.1, -0.05) is 0 Å². The van der Waals surface area contributed by atoms with Crippen LogP contribution in [0.4, 0.5) is 0 Å². The first-order valence-electron chi connectivity index (χ1n) is 12.0. The number of nitrogens with zero attached hydrogens (tertiary/aromatic N) is 4. The van der Waals surface area contributed by atoms with Gasteiger partial charge in [0.25, 0.3) is 0 Å². The fourth-order valence-electron chi connectivity index (χ4n) is 5.09. The molecule has 182 valence electrons. The van der Waals surface area contributed by atoms with Crippen molar-refractivity contribution in [2.45, 2.75) is 38.2 Å². The summed E-state index contributed by atoms with van der Waals surface area (Å²) in [6.45, 7) is 2.32. The number of aryl methyl sites for hydroxylation is 2. The van der Waals surface area contributed by atoms with E-state index in [0.29, 0.717) is 19.4 Å². The normalized spacial score (nSPS) is 19.9. The molecule has 4 rings (SSSR count). The van der Waals surface area contributed by atoms with E-state index in [4.69, 9.17) is 4.74 Å². The molecule has 3 atom stereocenters. The molecular weight excluding hydrogens is 432 g/mol. The number of aliphatic hydroxyl groups is 1. The number of carboxylic acids is 1. The molecule has 0 radical (unpaired) electrons. The van der Waals surface area contributed by atoms with Gasteiger partial charge in [-0.25, -0.2) is 4.98 Å². The summed E-state index contributed by atoms with van der Waals surface area (Å²) in [5, 5.41) is 21.7. The van der Waals surface area contributed by atoms with Gasteiger partial charge in [0.05, 0.1) is 24.6 Å². The summed E-state index contributed by atoms with van der Waals surface area (Å²) < 4.78 is 7.36. The standard InChI is InChI=1S/C26H34N4O4/c1-29-15-12-28-25(29)4-3-13-30-14-10-18(22(17-30)26(32)33)5-8-24(31)20-9-11-27-23-7-6-19(34-2)16-21(20)23/h6-7,9,11-12,15-16,18,22,24,31H,3-5,8,10,13-14,17H2,1-2H3,(H,32,33)/t18-,22+,24-/m1/s1. The van der Waals surface area contributed by atoms with Gasteiger partial charge in [0.1, 0.15) is 11.6 Å². The van der Waals surface area contributed by atoms with Crippen molar-refractivity contribution in [3.8, 4) is 5.75 Å². The van der Waals surface area contributed by atoms with Crippen molar-refractivity contribution in [2.24, 2.45) is 18.9 Å². The molecule has 2 aromatic heterocycles. The maximum absolute atomic E-state index is 12.1. The molecule has 1 aromatic carbocycles. The quantitative estimate of drug-likeness (QED) is 0.472. The first-order chi connectivity index (χ1) is 16.5. The van der Waals surface area contributed by atoms with E-state index in [1.807, 2.05) is 42.1 Å². The number of hydrogen-bond donors (Lipinski definition) is 2. The summed E-state index contributed by atoms with van der Waals surface area (Å²) in [6.07, 6.45) is 8.65. The summed E-state index contributed by atoms with van der Waals surface area (Å²) in [7, 11) is 3.61. The average Bonchev–Trinajstić information content (AvgIpc) is 3.26. The number of carbonyl (C=O) groups is 1. The largest absolute Gasteiger partial charge is 0.497 e. The van der Waals surface area contributed by atoms with Crippen LogP contribution >= 0.6 is 0 Å². The Balaban J connectivity index is 1.34. The molecule has 1 aliphatic heterocycles. The predicted octanol–water partition coefficient (Wildman–Crippen LogP) is 3.45. The number of carboxylic acid groups (broad SMARTS) is 1. The zero-order valence-electron chi connectivity index (χ0n) is 19.9. The SMILES string of the molecule is COc1ccc2nccc([C@H](O)CC[C@@H]3CCN(CCCc4nccn4C)C[C@@H]3C(=O)O)c2c1. The lowest BCUT2D eigenvalue weighted by Crippen LogP contribution is -2.44. The van der Waals surface area contributed by atoms with Gasteiger partial charge >= 0.3 is 5.97 Å². The average molecular weight is 467 g/mol. The third-order valence-corrected chi connectivity index (χ3v) is 7.11. The van der Waals surface area contributed by atoms with E-state index < -0.39 is 18.0 Å². The van der Waals surface area contributed by atoms with Gasteiger partial charge in [0, 0.05) is 44.0 Å². The second kappa shape index (κ2) is 11.0. The molecule has 0 saturated carbocycles. The lowest BCUT2D eigenvalue weighted by molar-refractivity contribution is -0.146. The molecule has 0 spiro atoms. The lowest BCUT2D eigenvalue weighted by atomic mass is 9.81. The molecule has 1 aliphatic rings. The number of fused-ring (bicyclic) bond motifs is 1. The summed E-state index contributed by atoms with van der Waals surface area (Å²) in [4.78, 5) is 23.1. The van der Waals surface area contributed by atoms with Gasteiger partial charge < -0.3 is 24.4 Å². The monoisotopic (exact) mass is 466 g/mol. The molecule has 3 aromatic rings. The maximum Gasteiger partial charge on any atom is 0.308 e. The number of piperidine rings is 1. The fraction of sp³-hybridized carbons (Fsp3) is 0.500. The molecule has 0 amide bonds. The summed E-state index contributed by atoms with van der Waals surface area (Å²) in [6, 6.07) is 7.47. The summed E-state index contributed by atoms with van der Waals surface area (Å²) in [5.74, 6) is 0.673. The second-order valence-corrected chi connectivity index (χ2v) is 9.23. The van der Waals surface area contributed by atoms with Crippen molar-refractivity contribution in [3.05, 3.63) is 54.2 Å². The van der Waals surface area contributed by atoms with Crippen LogP contribution < -0.4 is 4.74 Å². The minimum absolute atomic E-state index is 0.0561. The third kappa shape index (κ3) is 5.56. The first kappa shape index (κ1) is 24.2. The number of likely N-dealkylation sites (tertiary alicyclic amines) is 1. The summed E-state index contributed by atoms with van der Waals surface area (Å²) >= 11 is 0. The van der Waals surface area contributed by atoms with Crippen LogP contribution in [0.1, 0.15) is 43.2 Å². The number of pyridine rings is 1. The number of methoxy groups -OCH3 is 1. The molecule has 2 N–H and O–H groups in total. The number of rotatable bonds is 10. The van der Waals surface area contributed by atoms with Gasteiger partial charge in [-0.15, -0.1) is 0 Å². The van der Waals surface area contributed by atoms with Gasteiger partial charge in [-0.2, -0.15) is 0 Å². The Morgan fingerprint density at radius 3 is 2.85 bits per heavy atom. The molecule has 8 heteroatoms. The molecule has 0 bridgehead atoms.